The van der Waals surface area contributed by atoms with Gasteiger partial charge in [0.25, 0.3) is 15.9 Å². The highest BCUT2D eigenvalue weighted by atomic mass is 32.2. The number of aromatic nitrogens is 1. The van der Waals surface area contributed by atoms with E-state index in [0.29, 0.717) is 11.4 Å². The number of nitrogens with one attached hydrogen (secondary N) is 1. The Morgan fingerprint density at radius 2 is 1.90 bits per heavy atom. The average Bonchev–Trinajstić information content (AvgIpc) is 2.77. The standard InChI is InChI=1S/C22H21N3O4S/c1-16-8-10-18(11-9-16)30(27,28)25-15-21(29-20-7-3-2-6-19(20)25)22(26)24-14-17-5-4-12-23-13-17/h2-13,21H,14-15H2,1H3,(H,24,26). The van der Waals surface area contributed by atoms with Crippen LogP contribution in [-0.4, -0.2) is 32.0 Å². The van der Waals surface area contributed by atoms with Gasteiger partial charge in [-0.3, -0.25) is 14.1 Å². The molecule has 30 heavy (non-hydrogen) atoms. The lowest BCUT2D eigenvalue weighted by Crippen LogP contribution is -2.50. The molecule has 0 spiro atoms. The van der Waals surface area contributed by atoms with E-state index in [4.69, 9.17) is 4.74 Å². The van der Waals surface area contributed by atoms with Crippen molar-refractivity contribution in [2.75, 3.05) is 10.8 Å². The number of anilines is 1. The van der Waals surface area contributed by atoms with Gasteiger partial charge in [-0.15, -0.1) is 0 Å². The SMILES string of the molecule is Cc1ccc(S(=O)(=O)N2CC(C(=O)NCc3cccnc3)Oc3ccccc32)cc1. The zero-order valence-electron chi connectivity index (χ0n) is 16.4. The van der Waals surface area contributed by atoms with Crippen LogP contribution >= 0.6 is 0 Å². The number of sulfonamides is 1. The second kappa shape index (κ2) is 8.16. The molecular weight excluding hydrogens is 402 g/mol. The Balaban J connectivity index is 1.60. The number of para-hydroxylation sites is 2. The van der Waals surface area contributed by atoms with Gasteiger partial charge < -0.3 is 10.1 Å². The second-order valence-corrected chi connectivity index (χ2v) is 8.86. The van der Waals surface area contributed by atoms with E-state index in [1.165, 1.54) is 4.31 Å². The Kier molecular flexibility index (Phi) is 5.41. The van der Waals surface area contributed by atoms with E-state index in [9.17, 15) is 13.2 Å². The first-order valence-electron chi connectivity index (χ1n) is 9.47. The monoisotopic (exact) mass is 423 g/mol. The van der Waals surface area contributed by atoms with Crippen molar-refractivity contribution in [1.82, 2.24) is 10.3 Å². The number of hydrogen-bond acceptors (Lipinski definition) is 5. The van der Waals surface area contributed by atoms with Crippen molar-refractivity contribution in [2.45, 2.75) is 24.5 Å². The molecule has 1 atom stereocenters. The minimum atomic E-state index is -3.86. The van der Waals surface area contributed by atoms with E-state index in [1.807, 2.05) is 13.0 Å². The maximum absolute atomic E-state index is 13.3. The number of nitrogens with zero attached hydrogens (tertiary/aromatic N) is 2. The second-order valence-electron chi connectivity index (χ2n) is 7.00. The summed E-state index contributed by atoms with van der Waals surface area (Å²) in [4.78, 5) is 16.9. The third-order valence-corrected chi connectivity index (χ3v) is 6.62. The Hall–Kier alpha value is -3.39. The number of carbonyl (C=O) groups is 1. The van der Waals surface area contributed by atoms with Crippen LogP contribution in [0.25, 0.3) is 0 Å². The Morgan fingerprint density at radius 3 is 2.63 bits per heavy atom. The van der Waals surface area contributed by atoms with E-state index in [1.54, 1.807) is 67.0 Å². The first-order chi connectivity index (χ1) is 14.4. The van der Waals surface area contributed by atoms with Gasteiger partial charge >= 0.3 is 0 Å². The molecular formula is C22H21N3O4S. The molecule has 0 fully saturated rings. The van der Waals surface area contributed by atoms with Crippen molar-refractivity contribution >= 4 is 21.6 Å². The van der Waals surface area contributed by atoms with Gasteiger partial charge in [0, 0.05) is 18.9 Å². The highest BCUT2D eigenvalue weighted by Crippen LogP contribution is 2.36. The number of pyridine rings is 1. The van der Waals surface area contributed by atoms with Gasteiger partial charge in [0.2, 0.25) is 0 Å². The molecule has 1 N–H and O–H groups in total. The van der Waals surface area contributed by atoms with Crippen LogP contribution in [0.4, 0.5) is 5.69 Å². The Bertz CT molecular complexity index is 1150. The summed E-state index contributed by atoms with van der Waals surface area (Å²) in [5.41, 5.74) is 2.21. The number of fused-ring (bicyclic) bond motifs is 1. The van der Waals surface area contributed by atoms with Gasteiger partial charge in [0.1, 0.15) is 5.75 Å². The molecule has 0 aliphatic carbocycles. The lowest BCUT2D eigenvalue weighted by Gasteiger charge is -2.34. The van der Waals surface area contributed by atoms with E-state index < -0.39 is 22.0 Å². The molecule has 0 radical (unpaired) electrons. The largest absolute Gasteiger partial charge is 0.476 e. The molecule has 0 saturated carbocycles. The summed E-state index contributed by atoms with van der Waals surface area (Å²) in [6.07, 6.45) is 2.34. The van der Waals surface area contributed by atoms with Crippen molar-refractivity contribution in [3.63, 3.8) is 0 Å². The predicted octanol–water partition coefficient (Wildman–Crippen LogP) is 2.66. The zero-order chi connectivity index (χ0) is 21.1. The quantitative estimate of drug-likeness (QED) is 0.682. The summed E-state index contributed by atoms with van der Waals surface area (Å²) in [5.74, 6) is -0.0431. The van der Waals surface area contributed by atoms with E-state index >= 15 is 0 Å². The topological polar surface area (TPSA) is 88.6 Å². The fourth-order valence-corrected chi connectivity index (χ4v) is 4.69. The minimum Gasteiger partial charge on any atom is -0.476 e. The molecule has 0 saturated heterocycles. The van der Waals surface area contributed by atoms with Crippen LogP contribution in [0.1, 0.15) is 11.1 Å². The number of rotatable bonds is 5. The van der Waals surface area contributed by atoms with Crippen molar-refractivity contribution in [2.24, 2.45) is 0 Å². The lowest BCUT2D eigenvalue weighted by atomic mass is 10.2. The summed E-state index contributed by atoms with van der Waals surface area (Å²) in [5, 5.41) is 2.79. The minimum absolute atomic E-state index is 0.119. The van der Waals surface area contributed by atoms with Crippen molar-refractivity contribution < 1.29 is 17.9 Å². The normalized spacial score (nSPS) is 15.8. The average molecular weight is 423 g/mol. The summed E-state index contributed by atoms with van der Waals surface area (Å²) < 4.78 is 33.7. The first-order valence-corrected chi connectivity index (χ1v) is 10.9. The summed E-state index contributed by atoms with van der Waals surface area (Å²) in [7, 11) is -3.86. The van der Waals surface area contributed by atoms with Crippen LogP contribution in [0.5, 0.6) is 5.75 Å². The fourth-order valence-electron chi connectivity index (χ4n) is 3.21. The molecule has 8 heteroatoms. The molecule has 1 aliphatic rings. The molecule has 0 bridgehead atoms. The molecule has 2 aromatic carbocycles. The third-order valence-electron chi connectivity index (χ3n) is 4.83. The van der Waals surface area contributed by atoms with Crippen LogP contribution in [-0.2, 0) is 21.4 Å². The molecule has 2 heterocycles. The molecule has 4 rings (SSSR count). The van der Waals surface area contributed by atoms with Crippen LogP contribution in [0, 0.1) is 6.92 Å². The van der Waals surface area contributed by atoms with Gasteiger partial charge in [-0.05, 0) is 42.8 Å². The Labute approximate surface area is 175 Å². The predicted molar refractivity (Wildman–Crippen MR) is 113 cm³/mol. The van der Waals surface area contributed by atoms with Gasteiger partial charge in [0.05, 0.1) is 17.1 Å². The number of carbonyl (C=O) groups excluding carboxylic acids is 1. The molecule has 7 nitrogen and oxygen atoms in total. The maximum atomic E-state index is 13.3. The smallest absolute Gasteiger partial charge is 0.264 e. The van der Waals surface area contributed by atoms with E-state index in [-0.39, 0.29) is 18.0 Å². The number of ether oxygens (including phenoxy) is 1. The Morgan fingerprint density at radius 1 is 1.13 bits per heavy atom. The van der Waals surface area contributed by atoms with Gasteiger partial charge in [-0.1, -0.05) is 35.9 Å². The summed E-state index contributed by atoms with van der Waals surface area (Å²) >= 11 is 0. The van der Waals surface area contributed by atoms with E-state index in [0.717, 1.165) is 11.1 Å². The van der Waals surface area contributed by atoms with E-state index in [2.05, 4.69) is 10.3 Å². The summed E-state index contributed by atoms with van der Waals surface area (Å²) in [6, 6.07) is 17.1. The molecule has 1 amide bonds. The van der Waals surface area contributed by atoms with Gasteiger partial charge in [-0.2, -0.15) is 0 Å². The van der Waals surface area contributed by atoms with Crippen molar-refractivity contribution in [3.05, 3.63) is 84.2 Å². The van der Waals surface area contributed by atoms with Gasteiger partial charge in [0.15, 0.2) is 6.10 Å². The van der Waals surface area contributed by atoms with Crippen molar-refractivity contribution in [3.8, 4) is 5.75 Å². The molecule has 1 aromatic heterocycles. The highest BCUT2D eigenvalue weighted by molar-refractivity contribution is 7.92. The van der Waals surface area contributed by atoms with Crippen molar-refractivity contribution in [1.29, 1.82) is 0 Å². The number of hydrogen-bond donors (Lipinski definition) is 1. The third kappa shape index (κ3) is 3.99. The number of benzene rings is 2. The van der Waals surface area contributed by atoms with Crippen LogP contribution in [0.15, 0.2) is 78.0 Å². The fraction of sp³-hybridized carbons (Fsp3) is 0.182. The molecule has 3 aromatic rings. The lowest BCUT2D eigenvalue weighted by molar-refractivity contribution is -0.127. The van der Waals surface area contributed by atoms with Crippen LogP contribution < -0.4 is 14.4 Å². The molecule has 1 unspecified atom stereocenters. The highest BCUT2D eigenvalue weighted by Gasteiger charge is 2.37. The first kappa shape index (κ1) is 19.9. The zero-order valence-corrected chi connectivity index (χ0v) is 17.2. The van der Waals surface area contributed by atoms with Crippen LogP contribution in [0.2, 0.25) is 0 Å². The molecule has 154 valence electrons. The number of amides is 1. The van der Waals surface area contributed by atoms with Crippen LogP contribution in [0.3, 0.4) is 0 Å². The number of aryl methyl sites for hydroxylation is 1. The maximum Gasteiger partial charge on any atom is 0.264 e. The summed E-state index contributed by atoms with van der Waals surface area (Å²) in [6.45, 7) is 2.05. The molecule has 1 aliphatic heterocycles. The van der Waals surface area contributed by atoms with Gasteiger partial charge in [-0.25, -0.2) is 8.42 Å².